The van der Waals surface area contributed by atoms with E-state index in [0.717, 1.165) is 0 Å². The van der Waals surface area contributed by atoms with Crippen molar-refractivity contribution in [2.75, 3.05) is 13.2 Å². The van der Waals surface area contributed by atoms with Crippen molar-refractivity contribution in [3.8, 4) is 11.4 Å². The standard InChI is InChI=1S/C16H14F6N2O2/c17-15(18,19)9-25-7-11-1-3-13(23-5-11)14-4-2-12(6-24-14)8-26-10-16(20,21)22/h1-6H,7-10H2. The first-order valence-corrected chi connectivity index (χ1v) is 7.32. The normalized spacial score (nSPS) is 12.4. The van der Waals surface area contributed by atoms with Crippen LogP contribution in [0.4, 0.5) is 26.3 Å². The fourth-order valence-corrected chi connectivity index (χ4v) is 1.89. The topological polar surface area (TPSA) is 44.2 Å². The Morgan fingerprint density at radius 2 is 1.04 bits per heavy atom. The molecule has 2 heterocycles. The van der Waals surface area contributed by atoms with Gasteiger partial charge in [-0.05, 0) is 23.3 Å². The average Bonchev–Trinajstić information content (AvgIpc) is 2.54. The monoisotopic (exact) mass is 380 g/mol. The largest absolute Gasteiger partial charge is 0.411 e. The second-order valence-corrected chi connectivity index (χ2v) is 5.32. The molecule has 0 aliphatic carbocycles. The molecule has 2 aromatic heterocycles. The zero-order valence-electron chi connectivity index (χ0n) is 13.3. The Bertz CT molecular complexity index is 622. The maximum absolute atomic E-state index is 12.0. The Balaban J connectivity index is 1.88. The first-order valence-electron chi connectivity index (χ1n) is 7.32. The molecule has 0 aliphatic rings. The van der Waals surface area contributed by atoms with Crippen LogP contribution in [0.2, 0.25) is 0 Å². The number of halogens is 6. The van der Waals surface area contributed by atoms with Crippen LogP contribution in [-0.4, -0.2) is 35.5 Å². The molecule has 142 valence electrons. The van der Waals surface area contributed by atoms with Crippen molar-refractivity contribution in [2.45, 2.75) is 25.6 Å². The van der Waals surface area contributed by atoms with Crippen LogP contribution in [-0.2, 0) is 22.7 Å². The van der Waals surface area contributed by atoms with Gasteiger partial charge in [-0.15, -0.1) is 0 Å². The zero-order valence-corrected chi connectivity index (χ0v) is 13.3. The molecule has 0 atom stereocenters. The minimum absolute atomic E-state index is 0.226. The molecule has 0 unspecified atom stereocenters. The van der Waals surface area contributed by atoms with Crippen LogP contribution >= 0.6 is 0 Å². The van der Waals surface area contributed by atoms with Crippen LogP contribution in [0.3, 0.4) is 0 Å². The van der Waals surface area contributed by atoms with Crippen molar-refractivity contribution >= 4 is 0 Å². The Morgan fingerprint density at radius 1 is 0.654 bits per heavy atom. The lowest BCUT2D eigenvalue weighted by molar-refractivity contribution is -0.177. The van der Waals surface area contributed by atoms with Gasteiger partial charge in [-0.2, -0.15) is 26.3 Å². The van der Waals surface area contributed by atoms with E-state index in [-0.39, 0.29) is 13.2 Å². The lowest BCUT2D eigenvalue weighted by Crippen LogP contribution is -2.16. The molecule has 10 heteroatoms. The van der Waals surface area contributed by atoms with Crippen molar-refractivity contribution < 1.29 is 35.8 Å². The summed E-state index contributed by atoms with van der Waals surface area (Å²) in [4.78, 5) is 8.17. The van der Waals surface area contributed by atoms with Gasteiger partial charge in [-0.25, -0.2) is 0 Å². The summed E-state index contributed by atoms with van der Waals surface area (Å²) in [6.07, 6.45) is -6.03. The minimum Gasteiger partial charge on any atom is -0.367 e. The molecule has 0 fully saturated rings. The fourth-order valence-electron chi connectivity index (χ4n) is 1.89. The van der Waals surface area contributed by atoms with Gasteiger partial charge in [-0.3, -0.25) is 9.97 Å². The Kier molecular flexibility index (Phi) is 6.54. The number of pyridine rings is 2. The van der Waals surface area contributed by atoms with E-state index in [1.165, 1.54) is 12.4 Å². The lowest BCUT2D eigenvalue weighted by atomic mass is 10.2. The Morgan fingerprint density at radius 3 is 1.31 bits per heavy atom. The molecule has 0 saturated heterocycles. The highest BCUT2D eigenvalue weighted by molar-refractivity contribution is 5.53. The summed E-state index contributed by atoms with van der Waals surface area (Å²) in [7, 11) is 0. The van der Waals surface area contributed by atoms with Crippen molar-refractivity contribution in [1.29, 1.82) is 0 Å². The first-order chi connectivity index (χ1) is 12.1. The third-order valence-corrected chi connectivity index (χ3v) is 2.98. The fraction of sp³-hybridized carbons (Fsp3) is 0.375. The molecule has 2 aromatic rings. The highest BCUT2D eigenvalue weighted by Gasteiger charge is 2.28. The van der Waals surface area contributed by atoms with Gasteiger partial charge in [0.15, 0.2) is 0 Å². The molecule has 4 nitrogen and oxygen atoms in total. The van der Waals surface area contributed by atoms with E-state index in [0.29, 0.717) is 22.5 Å². The third-order valence-electron chi connectivity index (χ3n) is 2.98. The van der Waals surface area contributed by atoms with Gasteiger partial charge in [0.05, 0.1) is 24.6 Å². The van der Waals surface area contributed by atoms with Gasteiger partial charge < -0.3 is 9.47 Å². The van der Waals surface area contributed by atoms with Gasteiger partial charge in [-0.1, -0.05) is 12.1 Å². The average molecular weight is 380 g/mol. The van der Waals surface area contributed by atoms with Crippen LogP contribution in [0, 0.1) is 0 Å². The summed E-state index contributed by atoms with van der Waals surface area (Å²) in [5.74, 6) is 0. The quantitative estimate of drug-likeness (QED) is 0.672. The number of alkyl halides is 6. The smallest absolute Gasteiger partial charge is 0.367 e. The number of hydrogen-bond acceptors (Lipinski definition) is 4. The van der Waals surface area contributed by atoms with E-state index in [4.69, 9.17) is 0 Å². The Labute approximate surface area is 144 Å². The maximum Gasteiger partial charge on any atom is 0.411 e. The summed E-state index contributed by atoms with van der Waals surface area (Å²) >= 11 is 0. The molecule has 0 saturated carbocycles. The van der Waals surface area contributed by atoms with Gasteiger partial charge >= 0.3 is 12.4 Å². The van der Waals surface area contributed by atoms with Gasteiger partial charge in [0.25, 0.3) is 0 Å². The summed E-state index contributed by atoms with van der Waals surface area (Å²) in [5, 5.41) is 0. The number of hydrogen-bond donors (Lipinski definition) is 0. The third kappa shape index (κ3) is 7.36. The SMILES string of the molecule is FC(F)(F)COCc1ccc(-c2ccc(COCC(F)(F)F)cn2)nc1. The molecular formula is C16H14F6N2O2. The Hall–Kier alpha value is -2.20. The summed E-state index contributed by atoms with van der Waals surface area (Å²) in [6.45, 7) is -3.13. The van der Waals surface area contributed by atoms with Crippen LogP contribution in [0.15, 0.2) is 36.7 Å². The van der Waals surface area contributed by atoms with Crippen LogP contribution in [0.5, 0.6) is 0 Å². The molecule has 26 heavy (non-hydrogen) atoms. The molecule has 0 aromatic carbocycles. The number of rotatable bonds is 7. The molecule has 0 bridgehead atoms. The maximum atomic E-state index is 12.0. The van der Waals surface area contributed by atoms with E-state index >= 15 is 0 Å². The van der Waals surface area contributed by atoms with E-state index in [2.05, 4.69) is 19.4 Å². The van der Waals surface area contributed by atoms with E-state index < -0.39 is 25.6 Å². The number of nitrogens with zero attached hydrogens (tertiary/aromatic N) is 2. The molecule has 0 aliphatic heterocycles. The van der Waals surface area contributed by atoms with E-state index in [1.54, 1.807) is 24.3 Å². The number of aromatic nitrogens is 2. The zero-order chi connectivity index (χ0) is 19.2. The predicted octanol–water partition coefficient (Wildman–Crippen LogP) is 4.30. The van der Waals surface area contributed by atoms with Crippen LogP contribution < -0.4 is 0 Å². The number of ether oxygens (including phenoxy) is 2. The summed E-state index contributed by atoms with van der Waals surface area (Å²) in [5.41, 5.74) is 1.87. The highest BCUT2D eigenvalue weighted by atomic mass is 19.4. The summed E-state index contributed by atoms with van der Waals surface area (Å²) in [6, 6.07) is 6.24. The predicted molar refractivity (Wildman–Crippen MR) is 78.9 cm³/mol. The van der Waals surface area contributed by atoms with Gasteiger partial charge in [0.2, 0.25) is 0 Å². The summed E-state index contributed by atoms with van der Waals surface area (Å²) < 4.78 is 81.1. The van der Waals surface area contributed by atoms with Crippen LogP contribution in [0.25, 0.3) is 11.4 Å². The molecule has 0 amide bonds. The molecule has 0 N–H and O–H groups in total. The van der Waals surface area contributed by atoms with E-state index in [1.807, 2.05) is 0 Å². The first kappa shape index (κ1) is 20.1. The molecular weight excluding hydrogens is 366 g/mol. The molecule has 0 spiro atoms. The molecule has 0 radical (unpaired) electrons. The van der Waals surface area contributed by atoms with E-state index in [9.17, 15) is 26.3 Å². The second kappa shape index (κ2) is 8.45. The van der Waals surface area contributed by atoms with Gasteiger partial charge in [0, 0.05) is 12.4 Å². The highest BCUT2D eigenvalue weighted by Crippen LogP contribution is 2.19. The van der Waals surface area contributed by atoms with Crippen molar-refractivity contribution in [3.63, 3.8) is 0 Å². The van der Waals surface area contributed by atoms with Crippen molar-refractivity contribution in [3.05, 3.63) is 47.8 Å². The minimum atomic E-state index is -4.39. The van der Waals surface area contributed by atoms with Gasteiger partial charge in [0.1, 0.15) is 13.2 Å². The van der Waals surface area contributed by atoms with Crippen molar-refractivity contribution in [1.82, 2.24) is 9.97 Å². The van der Waals surface area contributed by atoms with Crippen molar-refractivity contribution in [2.24, 2.45) is 0 Å². The second-order valence-electron chi connectivity index (χ2n) is 5.32. The molecule has 2 rings (SSSR count). The lowest BCUT2D eigenvalue weighted by Gasteiger charge is -2.08. The van der Waals surface area contributed by atoms with Crippen LogP contribution in [0.1, 0.15) is 11.1 Å².